The van der Waals surface area contributed by atoms with Crippen LogP contribution in [0.4, 0.5) is 0 Å². The van der Waals surface area contributed by atoms with Crippen LogP contribution in [0, 0.1) is 0 Å². The lowest BCUT2D eigenvalue weighted by atomic mass is 10.2. The van der Waals surface area contributed by atoms with Crippen molar-refractivity contribution in [2.45, 2.75) is 19.8 Å². The lowest BCUT2D eigenvalue weighted by Gasteiger charge is -1.99. The van der Waals surface area contributed by atoms with Gasteiger partial charge < -0.3 is 4.74 Å². The molecule has 0 saturated carbocycles. The monoisotopic (exact) mass is 224 g/mol. The van der Waals surface area contributed by atoms with Crippen LogP contribution < -0.4 is 0 Å². The molecular formula is C13H17ClO. The predicted molar refractivity (Wildman–Crippen MR) is 66.2 cm³/mol. The normalized spacial score (nSPS) is 11.1. The average Bonchev–Trinajstić information content (AvgIpc) is 2.25. The van der Waals surface area contributed by atoms with Crippen molar-refractivity contribution in [1.82, 2.24) is 0 Å². The zero-order chi connectivity index (χ0) is 10.9. The van der Waals surface area contributed by atoms with Crippen molar-refractivity contribution in [3.63, 3.8) is 0 Å². The summed E-state index contributed by atoms with van der Waals surface area (Å²) in [5.41, 5.74) is 1.04. The van der Waals surface area contributed by atoms with Crippen molar-refractivity contribution >= 4 is 17.7 Å². The first-order valence-electron chi connectivity index (χ1n) is 5.33. The lowest BCUT2D eigenvalue weighted by Crippen LogP contribution is -1.92. The van der Waals surface area contributed by atoms with Crippen molar-refractivity contribution < 1.29 is 4.74 Å². The van der Waals surface area contributed by atoms with E-state index < -0.39 is 0 Å². The maximum atomic E-state index is 5.99. The molecule has 0 heterocycles. The van der Waals surface area contributed by atoms with Crippen molar-refractivity contribution in [1.29, 1.82) is 0 Å². The van der Waals surface area contributed by atoms with E-state index in [0.717, 1.165) is 23.6 Å². The molecule has 0 unspecified atom stereocenters. The van der Waals surface area contributed by atoms with E-state index in [2.05, 4.69) is 6.92 Å². The Labute approximate surface area is 96.7 Å². The van der Waals surface area contributed by atoms with Crippen molar-refractivity contribution in [2.75, 3.05) is 13.2 Å². The first kappa shape index (κ1) is 12.3. The SMILES string of the molecule is CCCCOC/C=C/c1ccccc1Cl. The maximum absolute atomic E-state index is 5.99. The molecule has 0 N–H and O–H groups in total. The summed E-state index contributed by atoms with van der Waals surface area (Å²) in [7, 11) is 0. The Morgan fingerprint density at radius 3 is 2.87 bits per heavy atom. The summed E-state index contributed by atoms with van der Waals surface area (Å²) < 4.78 is 5.41. The Morgan fingerprint density at radius 2 is 2.13 bits per heavy atom. The molecule has 0 atom stereocenters. The summed E-state index contributed by atoms with van der Waals surface area (Å²) in [5, 5.41) is 0.780. The van der Waals surface area contributed by atoms with E-state index in [1.165, 1.54) is 6.42 Å². The van der Waals surface area contributed by atoms with Crippen LogP contribution in [0.1, 0.15) is 25.3 Å². The molecule has 0 aliphatic heterocycles. The molecular weight excluding hydrogens is 208 g/mol. The molecule has 82 valence electrons. The van der Waals surface area contributed by atoms with E-state index in [-0.39, 0.29) is 0 Å². The Hall–Kier alpha value is -0.790. The van der Waals surface area contributed by atoms with Gasteiger partial charge in [-0.1, -0.05) is 55.3 Å². The molecule has 0 amide bonds. The van der Waals surface area contributed by atoms with Crippen LogP contribution in [0.3, 0.4) is 0 Å². The number of hydrogen-bond donors (Lipinski definition) is 0. The van der Waals surface area contributed by atoms with Gasteiger partial charge in [-0.2, -0.15) is 0 Å². The zero-order valence-electron chi connectivity index (χ0n) is 9.08. The minimum atomic E-state index is 0.658. The second-order valence-corrected chi connectivity index (χ2v) is 3.76. The molecule has 15 heavy (non-hydrogen) atoms. The fourth-order valence-electron chi connectivity index (χ4n) is 1.18. The molecule has 1 rings (SSSR count). The second kappa shape index (κ2) is 7.49. The third-order valence-electron chi connectivity index (χ3n) is 2.06. The van der Waals surface area contributed by atoms with Crippen molar-refractivity contribution in [2.24, 2.45) is 0 Å². The fourth-order valence-corrected chi connectivity index (χ4v) is 1.38. The van der Waals surface area contributed by atoms with Crippen LogP contribution in [-0.2, 0) is 4.74 Å². The first-order chi connectivity index (χ1) is 7.34. The maximum Gasteiger partial charge on any atom is 0.0650 e. The summed E-state index contributed by atoms with van der Waals surface area (Å²) in [4.78, 5) is 0. The van der Waals surface area contributed by atoms with Gasteiger partial charge in [0.15, 0.2) is 0 Å². The van der Waals surface area contributed by atoms with Crippen molar-refractivity contribution in [3.8, 4) is 0 Å². The molecule has 0 spiro atoms. The summed E-state index contributed by atoms with van der Waals surface area (Å²) >= 11 is 5.99. The van der Waals surface area contributed by atoms with Gasteiger partial charge in [-0.3, -0.25) is 0 Å². The minimum absolute atomic E-state index is 0.658. The van der Waals surface area contributed by atoms with Gasteiger partial charge in [0.1, 0.15) is 0 Å². The van der Waals surface area contributed by atoms with Crippen LogP contribution in [0.25, 0.3) is 6.08 Å². The molecule has 0 aromatic heterocycles. The van der Waals surface area contributed by atoms with Crippen LogP contribution in [-0.4, -0.2) is 13.2 Å². The van der Waals surface area contributed by atoms with Crippen LogP contribution >= 0.6 is 11.6 Å². The van der Waals surface area contributed by atoms with Crippen LogP contribution in [0.2, 0.25) is 5.02 Å². The van der Waals surface area contributed by atoms with Crippen LogP contribution in [0.15, 0.2) is 30.3 Å². The number of halogens is 1. The Kier molecular flexibility index (Phi) is 6.14. The Bertz CT molecular complexity index is 307. The fraction of sp³-hybridized carbons (Fsp3) is 0.385. The number of rotatable bonds is 6. The van der Waals surface area contributed by atoms with Gasteiger partial charge in [0.2, 0.25) is 0 Å². The minimum Gasteiger partial charge on any atom is -0.377 e. The van der Waals surface area contributed by atoms with Gasteiger partial charge in [0.05, 0.1) is 6.61 Å². The molecule has 0 aliphatic rings. The molecule has 1 aromatic rings. The highest BCUT2D eigenvalue weighted by molar-refractivity contribution is 6.32. The van der Waals surface area contributed by atoms with Gasteiger partial charge in [-0.05, 0) is 18.1 Å². The van der Waals surface area contributed by atoms with Gasteiger partial charge in [-0.25, -0.2) is 0 Å². The summed E-state index contributed by atoms with van der Waals surface area (Å²) in [6, 6.07) is 7.78. The van der Waals surface area contributed by atoms with E-state index >= 15 is 0 Å². The van der Waals surface area contributed by atoms with E-state index in [1.807, 2.05) is 36.4 Å². The third-order valence-corrected chi connectivity index (χ3v) is 2.40. The summed E-state index contributed by atoms with van der Waals surface area (Å²) in [5.74, 6) is 0. The molecule has 1 aromatic carbocycles. The Morgan fingerprint density at radius 1 is 1.33 bits per heavy atom. The molecule has 0 aliphatic carbocycles. The van der Waals surface area contributed by atoms with E-state index in [4.69, 9.17) is 16.3 Å². The largest absolute Gasteiger partial charge is 0.377 e. The molecule has 0 bridgehead atoms. The molecule has 0 fully saturated rings. The predicted octanol–water partition coefficient (Wildman–Crippen LogP) is 4.17. The van der Waals surface area contributed by atoms with Gasteiger partial charge >= 0.3 is 0 Å². The van der Waals surface area contributed by atoms with E-state index in [1.54, 1.807) is 0 Å². The summed E-state index contributed by atoms with van der Waals surface area (Å²) in [6.45, 7) is 3.65. The number of unbranched alkanes of at least 4 members (excludes halogenated alkanes) is 1. The third kappa shape index (κ3) is 5.01. The number of benzene rings is 1. The number of hydrogen-bond acceptors (Lipinski definition) is 1. The van der Waals surface area contributed by atoms with Crippen LogP contribution in [0.5, 0.6) is 0 Å². The lowest BCUT2D eigenvalue weighted by molar-refractivity contribution is 0.159. The highest BCUT2D eigenvalue weighted by atomic mass is 35.5. The van der Waals surface area contributed by atoms with E-state index in [0.29, 0.717) is 6.61 Å². The molecule has 0 saturated heterocycles. The first-order valence-corrected chi connectivity index (χ1v) is 5.71. The number of ether oxygens (including phenoxy) is 1. The highest BCUT2D eigenvalue weighted by Gasteiger charge is 1.92. The molecule has 2 heteroatoms. The van der Waals surface area contributed by atoms with E-state index in [9.17, 15) is 0 Å². The van der Waals surface area contributed by atoms with Gasteiger partial charge in [-0.15, -0.1) is 0 Å². The Balaban J connectivity index is 2.29. The standard InChI is InChI=1S/C13H17ClO/c1-2-3-10-15-11-6-8-12-7-4-5-9-13(12)14/h4-9H,2-3,10-11H2,1H3/b8-6+. The van der Waals surface area contributed by atoms with Gasteiger partial charge in [0, 0.05) is 11.6 Å². The quantitative estimate of drug-likeness (QED) is 0.659. The molecule has 1 nitrogen and oxygen atoms in total. The van der Waals surface area contributed by atoms with Crippen molar-refractivity contribution in [3.05, 3.63) is 40.9 Å². The zero-order valence-corrected chi connectivity index (χ0v) is 9.83. The summed E-state index contributed by atoms with van der Waals surface area (Å²) in [6.07, 6.45) is 6.29. The topological polar surface area (TPSA) is 9.23 Å². The highest BCUT2D eigenvalue weighted by Crippen LogP contribution is 2.15. The average molecular weight is 225 g/mol. The smallest absolute Gasteiger partial charge is 0.0650 e. The molecule has 0 radical (unpaired) electrons. The second-order valence-electron chi connectivity index (χ2n) is 3.35. The van der Waals surface area contributed by atoms with Gasteiger partial charge in [0.25, 0.3) is 0 Å².